The number of alkyl halides is 3. The molecule has 0 atom stereocenters. The summed E-state index contributed by atoms with van der Waals surface area (Å²) < 4.78 is 44.5. The van der Waals surface area contributed by atoms with Gasteiger partial charge in [-0.15, -0.1) is 13.2 Å². The van der Waals surface area contributed by atoms with E-state index in [1.54, 1.807) is 6.92 Å². The van der Waals surface area contributed by atoms with Gasteiger partial charge in [0.25, 0.3) is 0 Å². The van der Waals surface area contributed by atoms with Gasteiger partial charge in [-0.2, -0.15) is 0 Å². The summed E-state index contributed by atoms with van der Waals surface area (Å²) in [4.78, 5) is 15.8. The number of amides is 1. The van der Waals surface area contributed by atoms with Crippen LogP contribution in [0.3, 0.4) is 0 Å². The Hall–Kier alpha value is -2.45. The van der Waals surface area contributed by atoms with E-state index in [-0.39, 0.29) is 11.6 Å². The van der Waals surface area contributed by atoms with Crippen molar-refractivity contribution in [3.8, 4) is 5.75 Å². The quantitative estimate of drug-likeness (QED) is 0.400. The van der Waals surface area contributed by atoms with E-state index >= 15 is 0 Å². The molecule has 0 unspecified atom stereocenters. The van der Waals surface area contributed by atoms with Gasteiger partial charge >= 0.3 is 12.5 Å². The van der Waals surface area contributed by atoms with Gasteiger partial charge in [0.05, 0.1) is 6.61 Å². The summed E-state index contributed by atoms with van der Waals surface area (Å²) >= 11 is 0. The Kier molecular flexibility index (Phi) is 5.82. The van der Waals surface area contributed by atoms with Crippen molar-refractivity contribution in [1.29, 1.82) is 0 Å². The predicted molar refractivity (Wildman–Crippen MR) is 68.0 cm³/mol. The van der Waals surface area contributed by atoms with Crippen LogP contribution >= 0.6 is 0 Å². The molecule has 9 heteroatoms. The number of nitrogens with zero attached hydrogens (tertiary/aromatic N) is 1. The van der Waals surface area contributed by atoms with Gasteiger partial charge in [0.1, 0.15) is 5.75 Å². The average Bonchev–Trinajstić information content (AvgIpc) is 2.37. The highest BCUT2D eigenvalue weighted by atomic mass is 19.4. The molecule has 116 valence electrons. The van der Waals surface area contributed by atoms with E-state index in [0.717, 1.165) is 12.1 Å². The van der Waals surface area contributed by atoms with Gasteiger partial charge in [-0.3, -0.25) is 10.2 Å². The zero-order chi connectivity index (χ0) is 15.9. The fourth-order valence-electron chi connectivity index (χ4n) is 1.22. The number of ether oxygens (including phenoxy) is 2. The standard InChI is InChI=1S/C12H13F3N2O4/c1-3-19-8(2)17-21-11(18)16-9-4-6-10(7-5-9)20-12(13,14)15/h4-7H,3H2,1-2H3,(H,16,18)/b17-8-. The van der Waals surface area contributed by atoms with Crippen molar-refractivity contribution >= 4 is 17.7 Å². The minimum Gasteiger partial charge on any atom is -0.479 e. The van der Waals surface area contributed by atoms with E-state index < -0.39 is 18.2 Å². The molecule has 1 N–H and O–H groups in total. The molecule has 0 aliphatic carbocycles. The molecule has 1 aromatic carbocycles. The van der Waals surface area contributed by atoms with Gasteiger partial charge in [0.2, 0.25) is 5.90 Å². The van der Waals surface area contributed by atoms with E-state index in [0.29, 0.717) is 6.61 Å². The van der Waals surface area contributed by atoms with Crippen LogP contribution in [0.15, 0.2) is 29.4 Å². The first kappa shape index (κ1) is 16.6. The van der Waals surface area contributed by atoms with Crippen LogP contribution in [0.5, 0.6) is 5.75 Å². The molecule has 6 nitrogen and oxygen atoms in total. The van der Waals surface area contributed by atoms with Crippen LogP contribution in [0.25, 0.3) is 0 Å². The Morgan fingerprint density at radius 1 is 1.29 bits per heavy atom. The van der Waals surface area contributed by atoms with Crippen molar-refractivity contribution in [3.63, 3.8) is 0 Å². The second-order valence-electron chi connectivity index (χ2n) is 3.62. The van der Waals surface area contributed by atoms with E-state index in [2.05, 4.69) is 20.0 Å². The Labute approximate surface area is 118 Å². The summed E-state index contributed by atoms with van der Waals surface area (Å²) in [6.45, 7) is 3.62. The lowest BCUT2D eigenvalue weighted by atomic mass is 10.3. The van der Waals surface area contributed by atoms with Crippen molar-refractivity contribution in [1.82, 2.24) is 0 Å². The second-order valence-corrected chi connectivity index (χ2v) is 3.62. The van der Waals surface area contributed by atoms with E-state index in [4.69, 9.17) is 4.74 Å². The number of carbonyl (C=O) groups is 1. The summed E-state index contributed by atoms with van der Waals surface area (Å²) in [6, 6.07) is 4.55. The maximum atomic E-state index is 12.0. The third kappa shape index (κ3) is 7.04. The van der Waals surface area contributed by atoms with Crippen molar-refractivity contribution in [2.45, 2.75) is 20.2 Å². The van der Waals surface area contributed by atoms with Crippen molar-refractivity contribution < 1.29 is 32.3 Å². The van der Waals surface area contributed by atoms with Gasteiger partial charge in [-0.25, -0.2) is 4.79 Å². The van der Waals surface area contributed by atoms with Gasteiger partial charge < -0.3 is 9.47 Å². The molecule has 0 bridgehead atoms. The van der Waals surface area contributed by atoms with Crippen LogP contribution < -0.4 is 10.1 Å². The maximum absolute atomic E-state index is 12.0. The first-order valence-corrected chi connectivity index (χ1v) is 5.81. The molecule has 0 saturated carbocycles. The van der Waals surface area contributed by atoms with Crippen molar-refractivity contribution in [3.05, 3.63) is 24.3 Å². The lowest BCUT2D eigenvalue weighted by Gasteiger charge is -2.09. The Bertz CT molecular complexity index is 500. The lowest BCUT2D eigenvalue weighted by Crippen LogP contribution is -2.17. The molecule has 1 amide bonds. The molecule has 0 radical (unpaired) electrons. The molecule has 0 fully saturated rings. The fraction of sp³-hybridized carbons (Fsp3) is 0.333. The predicted octanol–water partition coefficient (Wildman–Crippen LogP) is 3.50. The highest BCUT2D eigenvalue weighted by Gasteiger charge is 2.30. The number of rotatable bonds is 4. The molecule has 0 saturated heterocycles. The Morgan fingerprint density at radius 3 is 2.43 bits per heavy atom. The number of anilines is 1. The summed E-state index contributed by atoms with van der Waals surface area (Å²) in [7, 11) is 0. The average molecular weight is 306 g/mol. The van der Waals surface area contributed by atoms with Crippen LogP contribution in [0.4, 0.5) is 23.7 Å². The molecular weight excluding hydrogens is 293 g/mol. The molecule has 0 aromatic heterocycles. The topological polar surface area (TPSA) is 69.2 Å². The lowest BCUT2D eigenvalue weighted by molar-refractivity contribution is -0.274. The molecular formula is C12H13F3N2O4. The monoisotopic (exact) mass is 306 g/mol. The van der Waals surface area contributed by atoms with Gasteiger partial charge in [-0.1, -0.05) is 0 Å². The summed E-state index contributed by atoms with van der Waals surface area (Å²) in [5.74, 6) is -0.229. The molecule has 0 aliphatic heterocycles. The van der Waals surface area contributed by atoms with E-state index in [1.165, 1.54) is 19.1 Å². The molecule has 21 heavy (non-hydrogen) atoms. The minimum absolute atomic E-state index is 0.168. The van der Waals surface area contributed by atoms with Gasteiger partial charge in [0.15, 0.2) is 0 Å². The number of nitrogens with one attached hydrogen (secondary N) is 1. The number of hydrogen-bond donors (Lipinski definition) is 1. The van der Waals surface area contributed by atoms with Crippen molar-refractivity contribution in [2.75, 3.05) is 11.9 Å². The zero-order valence-electron chi connectivity index (χ0n) is 11.2. The van der Waals surface area contributed by atoms with Crippen LogP contribution in [-0.2, 0) is 9.57 Å². The third-order valence-electron chi connectivity index (χ3n) is 1.94. The minimum atomic E-state index is -4.76. The maximum Gasteiger partial charge on any atom is 0.573 e. The number of oxime groups is 1. The summed E-state index contributed by atoms with van der Waals surface area (Å²) in [6.07, 6.45) is -5.67. The number of carbonyl (C=O) groups excluding carboxylic acids is 1. The third-order valence-corrected chi connectivity index (χ3v) is 1.94. The van der Waals surface area contributed by atoms with Gasteiger partial charge in [0, 0.05) is 12.6 Å². The Morgan fingerprint density at radius 2 is 1.90 bits per heavy atom. The van der Waals surface area contributed by atoms with Gasteiger partial charge in [-0.05, 0) is 36.3 Å². The smallest absolute Gasteiger partial charge is 0.479 e. The largest absolute Gasteiger partial charge is 0.573 e. The SMILES string of the molecule is CCO/C(C)=N\OC(=O)Nc1ccc(OC(F)(F)F)cc1. The first-order valence-electron chi connectivity index (χ1n) is 5.81. The first-order chi connectivity index (χ1) is 9.80. The highest BCUT2D eigenvalue weighted by Crippen LogP contribution is 2.23. The van der Waals surface area contributed by atoms with Crippen molar-refractivity contribution in [2.24, 2.45) is 5.16 Å². The van der Waals surface area contributed by atoms with E-state index in [1.807, 2.05) is 0 Å². The second kappa shape index (κ2) is 7.36. The van der Waals surface area contributed by atoms with Crippen LogP contribution in [-0.4, -0.2) is 25.0 Å². The number of hydrogen-bond acceptors (Lipinski definition) is 5. The number of halogens is 3. The number of benzene rings is 1. The van der Waals surface area contributed by atoms with E-state index in [9.17, 15) is 18.0 Å². The summed E-state index contributed by atoms with van der Waals surface area (Å²) in [5.41, 5.74) is 0.221. The normalized spacial score (nSPS) is 11.8. The molecule has 0 aliphatic rings. The molecule has 0 spiro atoms. The Balaban J connectivity index is 2.52. The van der Waals surface area contributed by atoms with Crippen LogP contribution in [0, 0.1) is 0 Å². The molecule has 1 aromatic rings. The fourth-order valence-corrected chi connectivity index (χ4v) is 1.22. The molecule has 1 rings (SSSR count). The van der Waals surface area contributed by atoms with Crippen LogP contribution in [0.1, 0.15) is 13.8 Å². The van der Waals surface area contributed by atoms with Crippen LogP contribution in [0.2, 0.25) is 0 Å². The zero-order valence-corrected chi connectivity index (χ0v) is 11.2. The molecule has 0 heterocycles. The highest BCUT2D eigenvalue weighted by molar-refractivity contribution is 5.85. The summed E-state index contributed by atoms with van der Waals surface area (Å²) in [5, 5.41) is 5.65.